The van der Waals surface area contributed by atoms with Crippen LogP contribution in [-0.4, -0.2) is 15.3 Å². The van der Waals surface area contributed by atoms with E-state index in [-0.39, 0.29) is 10.9 Å². The maximum atomic E-state index is 10.2. The largest absolute Gasteiger partial charge is 0.507 e. The maximum absolute atomic E-state index is 10.2. The summed E-state index contributed by atoms with van der Waals surface area (Å²) in [6, 6.07) is 14.9. The lowest BCUT2D eigenvalue weighted by molar-refractivity contribution is 0.446. The summed E-state index contributed by atoms with van der Waals surface area (Å²) in [5, 5.41) is 18.5. The van der Waals surface area contributed by atoms with Crippen molar-refractivity contribution >= 4 is 11.6 Å². The number of hydrogen-bond donors (Lipinski definition) is 1. The average molecular weight is 353 g/mol. The fraction of sp³-hybridized carbons (Fsp3) is 0.200. The third-order valence-corrected chi connectivity index (χ3v) is 4.57. The minimum Gasteiger partial charge on any atom is -0.507 e. The molecule has 2 aromatic carbocycles. The van der Waals surface area contributed by atoms with Crippen LogP contribution in [0.1, 0.15) is 29.9 Å². The van der Waals surface area contributed by atoms with Crippen molar-refractivity contribution in [1.29, 1.82) is 0 Å². The fourth-order valence-corrected chi connectivity index (χ4v) is 3.10. The van der Waals surface area contributed by atoms with Crippen molar-refractivity contribution < 1.29 is 9.84 Å². The molecule has 0 aliphatic heterocycles. The zero-order chi connectivity index (χ0) is 17.4. The van der Waals surface area contributed by atoms with E-state index < -0.39 is 0 Å². The van der Waals surface area contributed by atoms with Crippen molar-refractivity contribution in [1.82, 2.24) is 10.2 Å². The van der Waals surface area contributed by atoms with Crippen LogP contribution >= 0.6 is 11.6 Å². The van der Waals surface area contributed by atoms with Crippen LogP contribution in [-0.2, 0) is 0 Å². The van der Waals surface area contributed by atoms with Crippen molar-refractivity contribution in [3.8, 4) is 28.5 Å². The van der Waals surface area contributed by atoms with Crippen LogP contribution in [0.15, 0.2) is 48.5 Å². The zero-order valence-electron chi connectivity index (χ0n) is 13.7. The highest BCUT2D eigenvalue weighted by atomic mass is 35.5. The van der Waals surface area contributed by atoms with Gasteiger partial charge >= 0.3 is 0 Å². The molecular formula is C20H17ClN2O2. The van der Waals surface area contributed by atoms with E-state index in [4.69, 9.17) is 16.3 Å². The highest BCUT2D eigenvalue weighted by molar-refractivity contribution is 6.29. The first kappa shape index (κ1) is 15.9. The molecule has 0 atom stereocenters. The molecule has 0 radical (unpaired) electrons. The summed E-state index contributed by atoms with van der Waals surface area (Å²) >= 11 is 6.03. The molecule has 4 rings (SSSR count). The molecule has 0 amide bonds. The number of phenolic OH excluding ortho intramolecular Hbond substituents is 1. The number of para-hydroxylation sites is 2. The van der Waals surface area contributed by atoms with Crippen LogP contribution in [0.2, 0.25) is 5.15 Å². The number of aromatic nitrogens is 2. The predicted molar refractivity (Wildman–Crippen MR) is 97.4 cm³/mol. The minimum absolute atomic E-state index is 0.142. The standard InChI is InChI=1S/C20H17ClN2O2/c1-12-5-4-7-14(13-9-10-13)19(12)25-20-16(11-18(21)22-23-20)15-6-2-3-8-17(15)24/h2-8,11,13,24H,9-10H2,1H3. The summed E-state index contributed by atoms with van der Waals surface area (Å²) in [7, 11) is 0. The Labute approximate surface area is 151 Å². The number of rotatable bonds is 4. The van der Waals surface area contributed by atoms with Gasteiger partial charge in [0.15, 0.2) is 5.15 Å². The number of nitrogens with zero attached hydrogens (tertiary/aromatic N) is 2. The Morgan fingerprint density at radius 2 is 1.84 bits per heavy atom. The van der Waals surface area contributed by atoms with Crippen LogP contribution in [0.5, 0.6) is 17.4 Å². The SMILES string of the molecule is Cc1cccc(C2CC2)c1Oc1nnc(Cl)cc1-c1ccccc1O. The normalized spacial score (nSPS) is 13.7. The Morgan fingerprint density at radius 1 is 1.04 bits per heavy atom. The molecule has 4 nitrogen and oxygen atoms in total. The van der Waals surface area contributed by atoms with E-state index in [1.807, 2.05) is 25.1 Å². The van der Waals surface area contributed by atoms with E-state index in [1.165, 1.54) is 18.4 Å². The molecule has 1 saturated carbocycles. The Morgan fingerprint density at radius 3 is 2.60 bits per heavy atom. The molecule has 1 aliphatic rings. The molecule has 0 unspecified atom stereocenters. The van der Waals surface area contributed by atoms with Gasteiger partial charge < -0.3 is 9.84 Å². The molecule has 1 N–H and O–H groups in total. The second-order valence-electron chi connectivity index (χ2n) is 6.27. The predicted octanol–water partition coefficient (Wildman–Crippen LogP) is 5.48. The number of ether oxygens (including phenoxy) is 1. The zero-order valence-corrected chi connectivity index (χ0v) is 14.5. The first-order valence-electron chi connectivity index (χ1n) is 8.22. The van der Waals surface area contributed by atoms with E-state index >= 15 is 0 Å². The topological polar surface area (TPSA) is 55.2 Å². The van der Waals surface area contributed by atoms with Crippen molar-refractivity contribution in [2.24, 2.45) is 0 Å². The third kappa shape index (κ3) is 3.17. The molecule has 3 aromatic rings. The lowest BCUT2D eigenvalue weighted by Crippen LogP contribution is -1.99. The van der Waals surface area contributed by atoms with Crippen molar-refractivity contribution in [2.45, 2.75) is 25.7 Å². The molecule has 1 aliphatic carbocycles. The average Bonchev–Trinajstić information content (AvgIpc) is 3.43. The van der Waals surface area contributed by atoms with Gasteiger partial charge in [-0.1, -0.05) is 48.0 Å². The van der Waals surface area contributed by atoms with E-state index in [0.717, 1.165) is 11.3 Å². The van der Waals surface area contributed by atoms with E-state index in [2.05, 4.69) is 16.3 Å². The van der Waals surface area contributed by atoms with Gasteiger partial charge in [-0.05, 0) is 48.9 Å². The summed E-state index contributed by atoms with van der Waals surface area (Å²) in [5.41, 5.74) is 3.46. The molecular weight excluding hydrogens is 336 g/mol. The van der Waals surface area contributed by atoms with E-state index in [0.29, 0.717) is 22.9 Å². The van der Waals surface area contributed by atoms with Crippen molar-refractivity contribution in [3.05, 3.63) is 64.8 Å². The molecule has 5 heteroatoms. The smallest absolute Gasteiger partial charge is 0.247 e. The van der Waals surface area contributed by atoms with Crippen LogP contribution in [0, 0.1) is 6.92 Å². The van der Waals surface area contributed by atoms with Gasteiger partial charge in [0.1, 0.15) is 11.5 Å². The highest BCUT2D eigenvalue weighted by Crippen LogP contribution is 2.47. The fourth-order valence-electron chi connectivity index (χ4n) is 2.95. The number of benzene rings is 2. The molecule has 0 saturated heterocycles. The van der Waals surface area contributed by atoms with Gasteiger partial charge in [-0.15, -0.1) is 10.2 Å². The summed E-state index contributed by atoms with van der Waals surface area (Å²) in [6.45, 7) is 2.02. The number of halogens is 1. The van der Waals surface area contributed by atoms with Crippen LogP contribution in [0.25, 0.3) is 11.1 Å². The summed E-state index contributed by atoms with van der Waals surface area (Å²) < 4.78 is 6.19. The van der Waals surface area contributed by atoms with E-state index in [9.17, 15) is 5.11 Å². The van der Waals surface area contributed by atoms with Gasteiger partial charge in [-0.2, -0.15) is 0 Å². The van der Waals surface area contributed by atoms with E-state index in [1.54, 1.807) is 24.3 Å². The Balaban J connectivity index is 1.82. The minimum atomic E-state index is 0.142. The molecule has 1 heterocycles. The number of aryl methyl sites for hydroxylation is 1. The quantitative estimate of drug-likeness (QED) is 0.675. The second-order valence-corrected chi connectivity index (χ2v) is 6.66. The monoisotopic (exact) mass is 352 g/mol. The molecule has 0 spiro atoms. The van der Waals surface area contributed by atoms with Gasteiger partial charge in [0.25, 0.3) is 0 Å². The Bertz CT molecular complexity index is 939. The van der Waals surface area contributed by atoms with Crippen molar-refractivity contribution in [2.75, 3.05) is 0 Å². The van der Waals surface area contributed by atoms with Gasteiger partial charge in [0, 0.05) is 5.56 Å². The maximum Gasteiger partial charge on any atom is 0.247 e. The third-order valence-electron chi connectivity index (χ3n) is 4.38. The van der Waals surface area contributed by atoms with Gasteiger partial charge in [-0.25, -0.2) is 0 Å². The molecule has 1 aromatic heterocycles. The first-order valence-corrected chi connectivity index (χ1v) is 8.60. The molecule has 126 valence electrons. The van der Waals surface area contributed by atoms with Crippen LogP contribution in [0.3, 0.4) is 0 Å². The summed E-state index contributed by atoms with van der Waals surface area (Å²) in [4.78, 5) is 0. The van der Waals surface area contributed by atoms with Crippen LogP contribution in [0.4, 0.5) is 0 Å². The van der Waals surface area contributed by atoms with Crippen molar-refractivity contribution in [3.63, 3.8) is 0 Å². The Kier molecular flexibility index (Phi) is 4.06. The Hall–Kier alpha value is -2.59. The summed E-state index contributed by atoms with van der Waals surface area (Å²) in [5.74, 6) is 1.84. The number of phenols is 1. The second kappa shape index (κ2) is 6.37. The number of hydrogen-bond acceptors (Lipinski definition) is 4. The summed E-state index contributed by atoms with van der Waals surface area (Å²) in [6.07, 6.45) is 2.36. The van der Waals surface area contributed by atoms with Gasteiger partial charge in [0.2, 0.25) is 5.88 Å². The molecule has 0 bridgehead atoms. The van der Waals surface area contributed by atoms with Gasteiger partial charge in [0.05, 0.1) is 5.56 Å². The number of aromatic hydroxyl groups is 1. The molecule has 25 heavy (non-hydrogen) atoms. The highest BCUT2D eigenvalue weighted by Gasteiger charge is 2.28. The van der Waals surface area contributed by atoms with Gasteiger partial charge in [-0.3, -0.25) is 0 Å². The first-order chi connectivity index (χ1) is 12.1. The lowest BCUT2D eigenvalue weighted by Gasteiger charge is -2.15. The molecule has 1 fully saturated rings. The lowest BCUT2D eigenvalue weighted by atomic mass is 10.0. The van der Waals surface area contributed by atoms with Crippen LogP contribution < -0.4 is 4.74 Å².